The number of aryl methyl sites for hydroxylation is 1. The molecule has 7 heteroatoms. The molecule has 0 aliphatic carbocycles. The number of aromatic nitrogens is 2. The zero-order valence-electron chi connectivity index (χ0n) is 8.80. The second kappa shape index (κ2) is 5.12. The van der Waals surface area contributed by atoms with Crippen LogP contribution in [-0.2, 0) is 6.54 Å². The van der Waals surface area contributed by atoms with Crippen LogP contribution < -0.4 is 5.32 Å². The highest BCUT2D eigenvalue weighted by molar-refractivity contribution is 6.41. The van der Waals surface area contributed by atoms with Gasteiger partial charge in [0.1, 0.15) is 11.4 Å². The van der Waals surface area contributed by atoms with Gasteiger partial charge in [-0.1, -0.05) is 45.1 Å². The maximum atomic E-state index is 6.02. The van der Waals surface area contributed by atoms with Gasteiger partial charge in [0.25, 0.3) is 0 Å². The van der Waals surface area contributed by atoms with E-state index in [1.54, 1.807) is 19.1 Å². The second-order valence-electron chi connectivity index (χ2n) is 3.39. The van der Waals surface area contributed by atoms with Crippen LogP contribution >= 0.6 is 34.8 Å². The standard InChI is InChI=1S/C10H8Cl3N3O/c1-5-9(16-17-15-5)4-14-10-7(12)2-6(11)3-8(10)13/h2-3,14H,4H2,1H3. The van der Waals surface area contributed by atoms with E-state index in [0.717, 1.165) is 5.69 Å². The van der Waals surface area contributed by atoms with Crippen molar-refractivity contribution in [3.63, 3.8) is 0 Å². The molecular formula is C10H8Cl3N3O. The van der Waals surface area contributed by atoms with Gasteiger partial charge in [0.05, 0.1) is 22.3 Å². The SMILES string of the molecule is Cc1nonc1CNc1c(Cl)cc(Cl)cc1Cl. The first kappa shape index (κ1) is 12.5. The number of nitrogens with one attached hydrogen (secondary N) is 1. The summed E-state index contributed by atoms with van der Waals surface area (Å²) < 4.78 is 4.59. The van der Waals surface area contributed by atoms with Gasteiger partial charge in [0.2, 0.25) is 0 Å². The normalized spacial score (nSPS) is 10.6. The molecule has 1 aromatic carbocycles. The van der Waals surface area contributed by atoms with Gasteiger partial charge in [-0.15, -0.1) is 0 Å². The van der Waals surface area contributed by atoms with Crippen LogP contribution in [0.2, 0.25) is 15.1 Å². The number of nitrogens with zero attached hydrogens (tertiary/aromatic N) is 2. The van der Waals surface area contributed by atoms with E-state index in [-0.39, 0.29) is 0 Å². The average Bonchev–Trinajstić information content (AvgIpc) is 2.62. The second-order valence-corrected chi connectivity index (χ2v) is 4.65. The monoisotopic (exact) mass is 291 g/mol. The van der Waals surface area contributed by atoms with Crippen molar-refractivity contribution in [2.24, 2.45) is 0 Å². The van der Waals surface area contributed by atoms with Gasteiger partial charge >= 0.3 is 0 Å². The lowest BCUT2D eigenvalue weighted by atomic mass is 10.3. The van der Waals surface area contributed by atoms with E-state index in [9.17, 15) is 0 Å². The van der Waals surface area contributed by atoms with Crippen LogP contribution in [0, 0.1) is 6.92 Å². The molecule has 0 unspecified atom stereocenters. The number of hydrogen-bond donors (Lipinski definition) is 1. The molecule has 0 saturated heterocycles. The van der Waals surface area contributed by atoms with Gasteiger partial charge in [-0.2, -0.15) is 0 Å². The van der Waals surface area contributed by atoms with Gasteiger partial charge in [0.15, 0.2) is 0 Å². The summed E-state index contributed by atoms with van der Waals surface area (Å²) in [4.78, 5) is 0. The molecule has 0 spiro atoms. The van der Waals surface area contributed by atoms with Crippen molar-refractivity contribution in [3.8, 4) is 0 Å². The molecule has 90 valence electrons. The fourth-order valence-electron chi connectivity index (χ4n) is 1.29. The number of halogens is 3. The lowest BCUT2D eigenvalue weighted by Gasteiger charge is -2.09. The highest BCUT2D eigenvalue weighted by Gasteiger charge is 2.10. The number of rotatable bonds is 3. The third-order valence-corrected chi connectivity index (χ3v) is 3.00. The first-order valence-electron chi connectivity index (χ1n) is 4.74. The van der Waals surface area contributed by atoms with Crippen molar-refractivity contribution in [1.82, 2.24) is 10.3 Å². The van der Waals surface area contributed by atoms with E-state index in [1.807, 2.05) is 0 Å². The summed E-state index contributed by atoms with van der Waals surface area (Å²) in [5.74, 6) is 0. The van der Waals surface area contributed by atoms with E-state index in [4.69, 9.17) is 34.8 Å². The lowest BCUT2D eigenvalue weighted by Crippen LogP contribution is -2.02. The Bertz CT molecular complexity index is 518. The Morgan fingerprint density at radius 2 is 1.82 bits per heavy atom. The minimum atomic E-state index is 0.427. The van der Waals surface area contributed by atoms with Gasteiger partial charge in [0, 0.05) is 5.02 Å². The van der Waals surface area contributed by atoms with Crippen molar-refractivity contribution >= 4 is 40.5 Å². The fourth-order valence-corrected chi connectivity index (χ4v) is 2.24. The summed E-state index contributed by atoms with van der Waals surface area (Å²) in [5, 5.41) is 11.9. The molecule has 17 heavy (non-hydrogen) atoms. The summed E-state index contributed by atoms with van der Waals surface area (Å²) in [6.45, 7) is 2.23. The molecule has 2 aromatic rings. The van der Waals surface area contributed by atoms with E-state index in [2.05, 4.69) is 20.3 Å². The molecule has 0 fully saturated rings. The molecule has 0 atom stereocenters. The van der Waals surface area contributed by atoms with E-state index in [1.165, 1.54) is 0 Å². The van der Waals surface area contributed by atoms with Crippen LogP contribution in [0.3, 0.4) is 0 Å². The predicted octanol–water partition coefficient (Wildman–Crippen LogP) is 3.95. The highest BCUT2D eigenvalue weighted by atomic mass is 35.5. The first-order chi connectivity index (χ1) is 8.08. The number of anilines is 1. The van der Waals surface area contributed by atoms with E-state index in [0.29, 0.717) is 33.0 Å². The summed E-state index contributed by atoms with van der Waals surface area (Å²) in [6, 6.07) is 3.23. The summed E-state index contributed by atoms with van der Waals surface area (Å²) >= 11 is 17.9. The Hall–Kier alpha value is -0.970. The Balaban J connectivity index is 2.17. The summed E-state index contributed by atoms with van der Waals surface area (Å²) in [7, 11) is 0. The Morgan fingerprint density at radius 3 is 2.35 bits per heavy atom. The predicted molar refractivity (Wildman–Crippen MR) is 67.8 cm³/mol. The molecule has 0 bridgehead atoms. The molecule has 0 aliphatic heterocycles. The van der Waals surface area contributed by atoms with Gasteiger partial charge in [-0.3, -0.25) is 0 Å². The molecule has 1 N–H and O–H groups in total. The fraction of sp³-hybridized carbons (Fsp3) is 0.200. The van der Waals surface area contributed by atoms with Crippen LogP contribution in [0.25, 0.3) is 0 Å². The van der Waals surface area contributed by atoms with E-state index >= 15 is 0 Å². The Labute approximate surface area is 113 Å². The van der Waals surface area contributed by atoms with Crippen molar-refractivity contribution in [2.45, 2.75) is 13.5 Å². The van der Waals surface area contributed by atoms with Crippen LogP contribution in [0.1, 0.15) is 11.4 Å². The van der Waals surface area contributed by atoms with Crippen molar-refractivity contribution in [3.05, 3.63) is 38.6 Å². The first-order valence-corrected chi connectivity index (χ1v) is 5.88. The minimum Gasteiger partial charge on any atom is -0.377 e. The van der Waals surface area contributed by atoms with Gasteiger partial charge in [-0.25, -0.2) is 4.63 Å². The smallest absolute Gasteiger partial charge is 0.127 e. The average molecular weight is 293 g/mol. The third-order valence-electron chi connectivity index (χ3n) is 2.19. The van der Waals surface area contributed by atoms with E-state index < -0.39 is 0 Å². The summed E-state index contributed by atoms with van der Waals surface area (Å²) in [6.07, 6.45) is 0. The molecule has 0 amide bonds. The molecule has 4 nitrogen and oxygen atoms in total. The number of benzene rings is 1. The third kappa shape index (κ3) is 2.83. The quantitative estimate of drug-likeness (QED) is 0.930. The largest absolute Gasteiger partial charge is 0.377 e. The Kier molecular flexibility index (Phi) is 3.76. The maximum Gasteiger partial charge on any atom is 0.127 e. The Morgan fingerprint density at radius 1 is 1.18 bits per heavy atom. The topological polar surface area (TPSA) is 51.0 Å². The van der Waals surface area contributed by atoms with Crippen LogP contribution in [0.4, 0.5) is 5.69 Å². The maximum absolute atomic E-state index is 6.02. The molecule has 0 radical (unpaired) electrons. The molecule has 1 heterocycles. The molecular weight excluding hydrogens is 284 g/mol. The van der Waals surface area contributed by atoms with Crippen LogP contribution in [0.5, 0.6) is 0 Å². The van der Waals surface area contributed by atoms with Crippen LogP contribution in [-0.4, -0.2) is 10.3 Å². The molecule has 0 aliphatic rings. The van der Waals surface area contributed by atoms with Crippen molar-refractivity contribution in [1.29, 1.82) is 0 Å². The molecule has 2 rings (SSSR count). The van der Waals surface area contributed by atoms with Crippen molar-refractivity contribution in [2.75, 3.05) is 5.32 Å². The number of hydrogen-bond acceptors (Lipinski definition) is 4. The zero-order valence-corrected chi connectivity index (χ0v) is 11.1. The van der Waals surface area contributed by atoms with Gasteiger partial charge in [-0.05, 0) is 19.1 Å². The molecule has 0 saturated carbocycles. The lowest BCUT2D eigenvalue weighted by molar-refractivity contribution is 0.301. The van der Waals surface area contributed by atoms with Crippen LogP contribution in [0.15, 0.2) is 16.8 Å². The highest BCUT2D eigenvalue weighted by Crippen LogP contribution is 2.33. The van der Waals surface area contributed by atoms with Gasteiger partial charge < -0.3 is 5.32 Å². The minimum absolute atomic E-state index is 0.427. The molecule has 1 aromatic heterocycles. The summed E-state index contributed by atoms with van der Waals surface area (Å²) in [5.41, 5.74) is 2.03. The zero-order chi connectivity index (χ0) is 12.4. The van der Waals surface area contributed by atoms with Crippen molar-refractivity contribution < 1.29 is 4.63 Å².